The van der Waals surface area contributed by atoms with Gasteiger partial charge >= 0.3 is 5.63 Å². The molecule has 0 amide bonds. The standard InChI is InChI=1S/C19H20N2O2/c1-13-9-17-15(11-19(22)23-18(17)10-14(13)2)12-20-8-6-16-5-3-4-7-21-16/h3-5,7,9-11,20H,6,8,12H2,1-2H3. The van der Waals surface area contributed by atoms with Crippen molar-refractivity contribution in [3.8, 4) is 0 Å². The van der Waals surface area contributed by atoms with Gasteiger partial charge in [0.15, 0.2) is 0 Å². The summed E-state index contributed by atoms with van der Waals surface area (Å²) >= 11 is 0. The van der Waals surface area contributed by atoms with Crippen molar-refractivity contribution in [1.82, 2.24) is 10.3 Å². The van der Waals surface area contributed by atoms with E-state index >= 15 is 0 Å². The molecule has 4 nitrogen and oxygen atoms in total. The molecule has 0 aliphatic carbocycles. The first-order valence-corrected chi connectivity index (χ1v) is 7.78. The zero-order valence-electron chi connectivity index (χ0n) is 13.4. The van der Waals surface area contributed by atoms with E-state index in [9.17, 15) is 4.79 Å². The third-order valence-corrected chi connectivity index (χ3v) is 4.04. The molecular formula is C19H20N2O2. The molecule has 23 heavy (non-hydrogen) atoms. The fourth-order valence-electron chi connectivity index (χ4n) is 2.61. The van der Waals surface area contributed by atoms with Crippen molar-refractivity contribution in [3.63, 3.8) is 0 Å². The summed E-state index contributed by atoms with van der Waals surface area (Å²) in [6.45, 7) is 5.53. The number of nitrogens with zero attached hydrogens (tertiary/aromatic N) is 1. The first-order chi connectivity index (χ1) is 11.1. The fourth-order valence-corrected chi connectivity index (χ4v) is 2.61. The molecule has 0 spiro atoms. The summed E-state index contributed by atoms with van der Waals surface area (Å²) in [5.41, 5.74) is 4.70. The molecule has 0 aliphatic heterocycles. The van der Waals surface area contributed by atoms with Gasteiger partial charge in [0.2, 0.25) is 0 Å². The Bertz CT molecular complexity index is 870. The Labute approximate surface area is 135 Å². The van der Waals surface area contributed by atoms with E-state index < -0.39 is 0 Å². The van der Waals surface area contributed by atoms with Crippen molar-refractivity contribution in [2.45, 2.75) is 26.8 Å². The number of nitrogens with one attached hydrogen (secondary N) is 1. The van der Waals surface area contributed by atoms with Crippen molar-refractivity contribution in [1.29, 1.82) is 0 Å². The van der Waals surface area contributed by atoms with Crippen LogP contribution in [0.1, 0.15) is 22.4 Å². The number of hydrogen-bond donors (Lipinski definition) is 1. The average Bonchev–Trinajstić information content (AvgIpc) is 2.54. The van der Waals surface area contributed by atoms with E-state index in [4.69, 9.17) is 4.42 Å². The number of aryl methyl sites for hydroxylation is 2. The second-order valence-corrected chi connectivity index (χ2v) is 5.77. The molecule has 3 rings (SSSR count). The zero-order valence-corrected chi connectivity index (χ0v) is 13.4. The maximum Gasteiger partial charge on any atom is 0.336 e. The molecule has 4 heteroatoms. The summed E-state index contributed by atoms with van der Waals surface area (Å²) in [7, 11) is 0. The van der Waals surface area contributed by atoms with Crippen LogP contribution in [0.3, 0.4) is 0 Å². The summed E-state index contributed by atoms with van der Waals surface area (Å²) in [5.74, 6) is 0. The molecule has 1 N–H and O–H groups in total. The fraction of sp³-hybridized carbons (Fsp3) is 0.263. The van der Waals surface area contributed by atoms with Gasteiger partial charge in [-0.2, -0.15) is 0 Å². The molecular weight excluding hydrogens is 288 g/mol. The Kier molecular flexibility index (Phi) is 4.53. The van der Waals surface area contributed by atoms with E-state index in [1.807, 2.05) is 31.2 Å². The topological polar surface area (TPSA) is 55.1 Å². The van der Waals surface area contributed by atoms with Gasteiger partial charge in [0.1, 0.15) is 5.58 Å². The van der Waals surface area contributed by atoms with Gasteiger partial charge < -0.3 is 9.73 Å². The normalized spacial score (nSPS) is 11.0. The van der Waals surface area contributed by atoms with Crippen LogP contribution in [0.5, 0.6) is 0 Å². The number of benzene rings is 1. The van der Waals surface area contributed by atoms with Gasteiger partial charge in [-0.05, 0) is 54.8 Å². The third-order valence-electron chi connectivity index (χ3n) is 4.04. The van der Waals surface area contributed by atoms with E-state index in [0.29, 0.717) is 12.1 Å². The van der Waals surface area contributed by atoms with Crippen LogP contribution in [0.4, 0.5) is 0 Å². The van der Waals surface area contributed by atoms with E-state index in [1.54, 1.807) is 12.3 Å². The maximum atomic E-state index is 11.8. The van der Waals surface area contributed by atoms with Crippen LogP contribution in [0.25, 0.3) is 11.0 Å². The van der Waals surface area contributed by atoms with Crippen LogP contribution < -0.4 is 10.9 Å². The third kappa shape index (κ3) is 3.66. The highest BCUT2D eigenvalue weighted by Crippen LogP contribution is 2.21. The lowest BCUT2D eigenvalue weighted by Crippen LogP contribution is -2.18. The first-order valence-electron chi connectivity index (χ1n) is 7.78. The van der Waals surface area contributed by atoms with E-state index in [1.165, 1.54) is 5.56 Å². The van der Waals surface area contributed by atoms with Crippen LogP contribution in [0, 0.1) is 13.8 Å². The molecule has 0 radical (unpaired) electrons. The van der Waals surface area contributed by atoms with E-state index in [2.05, 4.69) is 23.3 Å². The van der Waals surface area contributed by atoms with Gasteiger partial charge in [-0.3, -0.25) is 4.98 Å². The zero-order chi connectivity index (χ0) is 16.2. The van der Waals surface area contributed by atoms with Gasteiger partial charge in [0, 0.05) is 42.9 Å². The quantitative estimate of drug-likeness (QED) is 0.581. The Hall–Kier alpha value is -2.46. The SMILES string of the molecule is Cc1cc2oc(=O)cc(CNCCc3ccccn3)c2cc1C. The Morgan fingerprint density at radius 1 is 1.13 bits per heavy atom. The molecule has 0 bridgehead atoms. The van der Waals surface area contributed by atoms with E-state index in [0.717, 1.165) is 35.2 Å². The van der Waals surface area contributed by atoms with Crippen LogP contribution in [-0.2, 0) is 13.0 Å². The Morgan fingerprint density at radius 2 is 1.96 bits per heavy atom. The van der Waals surface area contributed by atoms with Crippen LogP contribution in [0.2, 0.25) is 0 Å². The highest BCUT2D eigenvalue weighted by Gasteiger charge is 2.07. The molecule has 0 saturated heterocycles. The number of fused-ring (bicyclic) bond motifs is 1. The Morgan fingerprint density at radius 3 is 2.74 bits per heavy atom. The minimum atomic E-state index is -0.303. The van der Waals surface area contributed by atoms with Gasteiger partial charge in [-0.15, -0.1) is 0 Å². The van der Waals surface area contributed by atoms with Crippen molar-refractivity contribution in [3.05, 3.63) is 75.4 Å². The molecule has 0 unspecified atom stereocenters. The van der Waals surface area contributed by atoms with Crippen molar-refractivity contribution < 1.29 is 4.42 Å². The highest BCUT2D eigenvalue weighted by molar-refractivity contribution is 5.81. The molecule has 0 saturated carbocycles. The molecule has 0 fully saturated rings. The van der Waals surface area contributed by atoms with E-state index in [-0.39, 0.29) is 5.63 Å². The molecule has 0 aliphatic rings. The van der Waals surface area contributed by atoms with Crippen LogP contribution >= 0.6 is 0 Å². The minimum absolute atomic E-state index is 0.303. The number of hydrogen-bond acceptors (Lipinski definition) is 4. The lowest BCUT2D eigenvalue weighted by molar-refractivity contribution is 0.556. The molecule has 0 atom stereocenters. The Balaban J connectivity index is 1.74. The summed E-state index contributed by atoms with van der Waals surface area (Å²) in [6, 6.07) is 11.5. The predicted octanol–water partition coefficient (Wildman–Crippen LogP) is 3.14. The molecule has 2 heterocycles. The molecule has 3 aromatic rings. The summed E-state index contributed by atoms with van der Waals surface area (Å²) in [6.07, 6.45) is 2.66. The number of aromatic nitrogens is 1. The van der Waals surface area contributed by atoms with Crippen molar-refractivity contribution >= 4 is 11.0 Å². The van der Waals surface area contributed by atoms with Crippen LogP contribution in [0.15, 0.2) is 51.8 Å². The van der Waals surface area contributed by atoms with Gasteiger partial charge in [-0.1, -0.05) is 6.07 Å². The van der Waals surface area contributed by atoms with Crippen molar-refractivity contribution in [2.24, 2.45) is 0 Å². The minimum Gasteiger partial charge on any atom is -0.423 e. The summed E-state index contributed by atoms with van der Waals surface area (Å²) in [4.78, 5) is 16.1. The lowest BCUT2D eigenvalue weighted by atomic mass is 10.0. The van der Waals surface area contributed by atoms with Gasteiger partial charge in [0.25, 0.3) is 0 Å². The first kappa shape index (κ1) is 15.4. The second kappa shape index (κ2) is 6.75. The summed E-state index contributed by atoms with van der Waals surface area (Å²) in [5, 5.41) is 4.38. The van der Waals surface area contributed by atoms with Crippen molar-refractivity contribution in [2.75, 3.05) is 6.54 Å². The average molecular weight is 308 g/mol. The largest absolute Gasteiger partial charge is 0.423 e. The lowest BCUT2D eigenvalue weighted by Gasteiger charge is -2.09. The second-order valence-electron chi connectivity index (χ2n) is 5.77. The monoisotopic (exact) mass is 308 g/mol. The maximum absolute atomic E-state index is 11.8. The van der Waals surface area contributed by atoms with Gasteiger partial charge in [-0.25, -0.2) is 4.79 Å². The molecule has 118 valence electrons. The molecule has 2 aromatic heterocycles. The van der Waals surface area contributed by atoms with Crippen LogP contribution in [-0.4, -0.2) is 11.5 Å². The number of rotatable bonds is 5. The molecule has 1 aromatic carbocycles. The predicted molar refractivity (Wildman–Crippen MR) is 91.6 cm³/mol. The number of pyridine rings is 1. The smallest absolute Gasteiger partial charge is 0.336 e. The van der Waals surface area contributed by atoms with Gasteiger partial charge in [0.05, 0.1) is 0 Å². The highest BCUT2D eigenvalue weighted by atomic mass is 16.4. The summed E-state index contributed by atoms with van der Waals surface area (Å²) < 4.78 is 5.32.